The van der Waals surface area contributed by atoms with Gasteiger partial charge in [0.2, 0.25) is 0 Å². The average molecular weight is 488 g/mol. The minimum Gasteiger partial charge on any atom is -0.386 e. The van der Waals surface area contributed by atoms with Crippen LogP contribution >= 0.6 is 24.0 Å². The highest BCUT2D eigenvalue weighted by atomic mass is 127. The van der Waals surface area contributed by atoms with Gasteiger partial charge in [0.1, 0.15) is 18.0 Å². The fourth-order valence-electron chi connectivity index (χ4n) is 3.17. The zero-order chi connectivity index (χ0) is 18.4. The first-order valence-electron chi connectivity index (χ1n) is 8.99. The Hall–Kier alpha value is -1.75. The fourth-order valence-corrected chi connectivity index (χ4v) is 3.17. The van der Waals surface area contributed by atoms with E-state index in [1.807, 2.05) is 6.92 Å². The van der Waals surface area contributed by atoms with E-state index in [1.165, 1.54) is 12.1 Å². The summed E-state index contributed by atoms with van der Waals surface area (Å²) in [6.07, 6.45) is 2.74. The van der Waals surface area contributed by atoms with Gasteiger partial charge >= 0.3 is 0 Å². The van der Waals surface area contributed by atoms with Crippen LogP contribution in [0, 0.1) is 5.82 Å². The molecule has 1 saturated heterocycles. The number of halogens is 2. The monoisotopic (exact) mass is 488 g/mol. The number of hydrogen-bond acceptors (Lipinski definition) is 4. The van der Waals surface area contributed by atoms with Crippen LogP contribution in [-0.2, 0) is 0 Å². The molecule has 2 aromatic rings. The summed E-state index contributed by atoms with van der Waals surface area (Å²) in [5.41, 5.74) is 0.662. The van der Waals surface area contributed by atoms with E-state index in [-0.39, 0.29) is 36.3 Å². The lowest BCUT2D eigenvalue weighted by atomic mass is 9.96. The maximum Gasteiger partial charge on any atom is 0.194 e. The molecular weight excluding hydrogens is 462 g/mol. The van der Waals surface area contributed by atoms with Crippen LogP contribution in [0.4, 0.5) is 4.39 Å². The Kier molecular flexibility index (Phi) is 8.42. The smallest absolute Gasteiger partial charge is 0.194 e. The Balaban J connectivity index is 0.00000261. The lowest BCUT2D eigenvalue weighted by Crippen LogP contribution is -2.45. The number of nitrogens with one attached hydrogen (secondary N) is 2. The van der Waals surface area contributed by atoms with Crippen molar-refractivity contribution in [2.45, 2.75) is 31.8 Å². The van der Waals surface area contributed by atoms with Crippen LogP contribution in [0.5, 0.6) is 0 Å². The molecule has 3 rings (SSSR count). The third-order valence-electron chi connectivity index (χ3n) is 4.62. The number of H-pyrrole nitrogens is 1. The SMILES string of the molecule is CCNC(=NCC(O)c1ccc(F)cc1)N1CCC(c2ncn[nH]2)CC1.I. The van der Waals surface area contributed by atoms with Gasteiger partial charge in [-0.25, -0.2) is 9.37 Å². The Labute approximate surface area is 175 Å². The molecule has 148 valence electrons. The number of rotatable bonds is 5. The standard InChI is InChI=1S/C18H25FN6O.HI/c1-2-20-18(21-11-16(26)13-3-5-15(19)6-4-13)25-9-7-14(8-10-25)17-22-12-23-24-17;/h3-6,12,14,16,26H,2,7-11H2,1H3,(H,20,21)(H,22,23,24);1H. The Morgan fingerprint density at radius 1 is 1.37 bits per heavy atom. The van der Waals surface area contributed by atoms with Gasteiger partial charge in [0.05, 0.1) is 12.6 Å². The normalized spacial score (nSPS) is 16.7. The van der Waals surface area contributed by atoms with Crippen molar-refractivity contribution < 1.29 is 9.50 Å². The predicted octanol–water partition coefficient (Wildman–Crippen LogP) is 2.44. The summed E-state index contributed by atoms with van der Waals surface area (Å²) in [4.78, 5) is 11.0. The molecule has 1 aliphatic rings. The summed E-state index contributed by atoms with van der Waals surface area (Å²) in [6, 6.07) is 5.88. The molecule has 9 heteroatoms. The van der Waals surface area contributed by atoms with E-state index < -0.39 is 6.10 Å². The number of aliphatic imine (C=N–C) groups is 1. The first-order chi connectivity index (χ1) is 12.7. The van der Waals surface area contributed by atoms with Crippen LogP contribution in [0.1, 0.15) is 43.2 Å². The summed E-state index contributed by atoms with van der Waals surface area (Å²) in [7, 11) is 0. The van der Waals surface area contributed by atoms with Gasteiger partial charge in [-0.15, -0.1) is 24.0 Å². The van der Waals surface area contributed by atoms with Crippen molar-refractivity contribution in [3.05, 3.63) is 47.8 Å². The molecular formula is C18H26FIN6O. The van der Waals surface area contributed by atoms with E-state index in [0.717, 1.165) is 44.3 Å². The van der Waals surface area contributed by atoms with Crippen molar-refractivity contribution in [1.82, 2.24) is 25.4 Å². The number of likely N-dealkylation sites (tertiary alicyclic amines) is 1. The number of aliphatic hydroxyl groups is 1. The lowest BCUT2D eigenvalue weighted by molar-refractivity contribution is 0.186. The first kappa shape index (κ1) is 21.5. The number of nitrogens with zero attached hydrogens (tertiary/aromatic N) is 4. The maximum atomic E-state index is 13.0. The molecule has 0 radical (unpaired) electrons. The van der Waals surface area contributed by atoms with Crippen LogP contribution in [0.25, 0.3) is 0 Å². The summed E-state index contributed by atoms with van der Waals surface area (Å²) < 4.78 is 13.0. The highest BCUT2D eigenvalue weighted by molar-refractivity contribution is 14.0. The second kappa shape index (κ2) is 10.5. The largest absolute Gasteiger partial charge is 0.386 e. The molecule has 0 aliphatic carbocycles. The molecule has 27 heavy (non-hydrogen) atoms. The second-order valence-corrected chi connectivity index (χ2v) is 6.39. The van der Waals surface area contributed by atoms with Gasteiger partial charge in [0.25, 0.3) is 0 Å². The van der Waals surface area contributed by atoms with Crippen molar-refractivity contribution in [2.75, 3.05) is 26.2 Å². The van der Waals surface area contributed by atoms with Gasteiger partial charge < -0.3 is 15.3 Å². The summed E-state index contributed by atoms with van der Waals surface area (Å²) >= 11 is 0. The highest BCUT2D eigenvalue weighted by Crippen LogP contribution is 2.25. The first-order valence-corrected chi connectivity index (χ1v) is 8.99. The summed E-state index contributed by atoms with van der Waals surface area (Å²) in [6.45, 7) is 4.74. The third-order valence-corrected chi connectivity index (χ3v) is 4.62. The van der Waals surface area contributed by atoms with Crippen molar-refractivity contribution in [2.24, 2.45) is 4.99 Å². The van der Waals surface area contributed by atoms with Crippen molar-refractivity contribution in [1.29, 1.82) is 0 Å². The van der Waals surface area contributed by atoms with Crippen molar-refractivity contribution in [3.8, 4) is 0 Å². The topological polar surface area (TPSA) is 89.4 Å². The van der Waals surface area contributed by atoms with Gasteiger partial charge in [-0.1, -0.05) is 12.1 Å². The minimum atomic E-state index is -0.754. The Morgan fingerprint density at radius 2 is 2.07 bits per heavy atom. The molecule has 0 spiro atoms. The predicted molar refractivity (Wildman–Crippen MR) is 113 cm³/mol. The van der Waals surface area contributed by atoms with Gasteiger partial charge in [0, 0.05) is 25.6 Å². The summed E-state index contributed by atoms with van der Waals surface area (Å²) in [5.74, 6) is 1.82. The quantitative estimate of drug-likeness (QED) is 0.342. The van der Waals surface area contributed by atoms with Crippen LogP contribution < -0.4 is 5.32 Å². The minimum absolute atomic E-state index is 0. The van der Waals surface area contributed by atoms with Crippen molar-refractivity contribution >= 4 is 29.9 Å². The molecule has 0 amide bonds. The number of aliphatic hydroxyl groups excluding tert-OH is 1. The number of piperidine rings is 1. The molecule has 1 atom stereocenters. The second-order valence-electron chi connectivity index (χ2n) is 6.39. The van der Waals surface area contributed by atoms with Gasteiger partial charge in [0.15, 0.2) is 5.96 Å². The van der Waals surface area contributed by atoms with Crippen molar-refractivity contribution in [3.63, 3.8) is 0 Å². The Morgan fingerprint density at radius 3 is 2.67 bits per heavy atom. The number of benzene rings is 1. The molecule has 1 aromatic carbocycles. The molecule has 2 heterocycles. The van der Waals surface area contributed by atoms with E-state index in [0.29, 0.717) is 11.5 Å². The zero-order valence-electron chi connectivity index (χ0n) is 15.3. The van der Waals surface area contributed by atoms with Crippen LogP contribution in [0.3, 0.4) is 0 Å². The fraction of sp³-hybridized carbons (Fsp3) is 0.500. The zero-order valence-corrected chi connectivity index (χ0v) is 17.6. The number of hydrogen-bond donors (Lipinski definition) is 3. The lowest BCUT2D eigenvalue weighted by Gasteiger charge is -2.33. The molecule has 1 aromatic heterocycles. The van der Waals surface area contributed by atoms with E-state index in [1.54, 1.807) is 18.5 Å². The van der Waals surface area contributed by atoms with Crippen LogP contribution in [-0.4, -0.2) is 57.3 Å². The van der Waals surface area contributed by atoms with Crippen LogP contribution in [0.15, 0.2) is 35.6 Å². The molecule has 1 fully saturated rings. The Bertz CT molecular complexity index is 701. The highest BCUT2D eigenvalue weighted by Gasteiger charge is 2.24. The van der Waals surface area contributed by atoms with E-state index in [4.69, 9.17) is 0 Å². The molecule has 0 saturated carbocycles. The molecule has 1 unspecified atom stereocenters. The van der Waals surface area contributed by atoms with Gasteiger partial charge in [-0.05, 0) is 37.5 Å². The average Bonchev–Trinajstić information content (AvgIpc) is 3.20. The molecule has 3 N–H and O–H groups in total. The third kappa shape index (κ3) is 5.86. The van der Waals surface area contributed by atoms with Gasteiger partial charge in [-0.3, -0.25) is 10.1 Å². The number of aromatic amines is 1. The number of guanidine groups is 1. The van der Waals surface area contributed by atoms with Crippen LogP contribution in [0.2, 0.25) is 0 Å². The molecule has 1 aliphatic heterocycles. The van der Waals surface area contributed by atoms with E-state index in [9.17, 15) is 9.50 Å². The molecule has 0 bridgehead atoms. The van der Waals surface area contributed by atoms with E-state index >= 15 is 0 Å². The maximum absolute atomic E-state index is 13.0. The van der Waals surface area contributed by atoms with E-state index in [2.05, 4.69) is 30.4 Å². The van der Waals surface area contributed by atoms with Gasteiger partial charge in [-0.2, -0.15) is 5.10 Å². The number of aromatic nitrogens is 3. The summed E-state index contributed by atoms with van der Waals surface area (Å²) in [5, 5.41) is 20.5. The molecule has 7 nitrogen and oxygen atoms in total.